The van der Waals surface area contributed by atoms with Crippen molar-refractivity contribution in [3.8, 4) is 27.1 Å². The Morgan fingerprint density at radius 1 is 1.15 bits per heavy atom. The van der Waals surface area contributed by atoms with Crippen LogP contribution in [-0.4, -0.2) is 60.6 Å². The van der Waals surface area contributed by atoms with Gasteiger partial charge in [-0.25, -0.2) is 17.8 Å². The van der Waals surface area contributed by atoms with Crippen molar-refractivity contribution in [3.63, 3.8) is 0 Å². The zero-order valence-corrected chi connectivity index (χ0v) is 24.6. The van der Waals surface area contributed by atoms with Gasteiger partial charge in [-0.15, -0.1) is 11.3 Å². The van der Waals surface area contributed by atoms with E-state index >= 15 is 0 Å². The van der Waals surface area contributed by atoms with Crippen molar-refractivity contribution in [3.05, 3.63) is 53.4 Å². The Morgan fingerprint density at radius 2 is 1.88 bits per heavy atom. The molecule has 1 aromatic carbocycles. The van der Waals surface area contributed by atoms with Crippen molar-refractivity contribution >= 4 is 44.4 Å². The van der Waals surface area contributed by atoms with E-state index < -0.39 is 27.5 Å². The van der Waals surface area contributed by atoms with Gasteiger partial charge >= 0.3 is 0 Å². The molecule has 1 N–H and O–H groups in total. The largest absolute Gasteiger partial charge is 0.369 e. The molecule has 1 amide bonds. The molecule has 2 aromatic heterocycles. The molecule has 1 aliphatic heterocycles. The molecule has 6 rings (SSSR count). The molecule has 2 saturated carbocycles. The van der Waals surface area contributed by atoms with Gasteiger partial charge in [-0.05, 0) is 55.9 Å². The van der Waals surface area contributed by atoms with Gasteiger partial charge in [0.2, 0.25) is 5.91 Å². The van der Waals surface area contributed by atoms with Crippen LogP contribution in [0.1, 0.15) is 43.7 Å². The third-order valence-corrected chi connectivity index (χ3v) is 11.2. The topological polar surface area (TPSA) is 116 Å². The normalized spacial score (nSPS) is 24.8. The number of benzene rings is 1. The van der Waals surface area contributed by atoms with Crippen LogP contribution in [-0.2, 0) is 14.6 Å². The number of hydrogen-bond donors (Lipinski definition) is 1. The predicted molar refractivity (Wildman–Crippen MR) is 157 cm³/mol. The first-order chi connectivity index (χ1) is 19.7. The fourth-order valence-electron chi connectivity index (χ4n) is 5.69. The Kier molecular flexibility index (Phi) is 7.51. The summed E-state index contributed by atoms with van der Waals surface area (Å²) in [4.78, 5) is 25.6. The van der Waals surface area contributed by atoms with E-state index in [0.717, 1.165) is 27.4 Å². The van der Waals surface area contributed by atoms with Crippen LogP contribution < -0.4 is 10.2 Å². The number of nitrogens with one attached hydrogen (secondary N) is 1. The molecule has 0 bridgehead atoms. The molecule has 3 heterocycles. The van der Waals surface area contributed by atoms with Gasteiger partial charge in [0, 0.05) is 48.6 Å². The molecule has 3 aliphatic rings. The Balaban J connectivity index is 1.36. The lowest BCUT2D eigenvalue weighted by molar-refractivity contribution is -0.128. The molecule has 3 aromatic rings. The van der Waals surface area contributed by atoms with Crippen LogP contribution in [0.5, 0.6) is 0 Å². The summed E-state index contributed by atoms with van der Waals surface area (Å²) in [6.07, 6.45) is 4.24. The van der Waals surface area contributed by atoms with Gasteiger partial charge in [0.1, 0.15) is 16.7 Å². The lowest BCUT2D eigenvalue weighted by Gasteiger charge is -2.32. The number of pyridine rings is 1. The molecule has 0 spiro atoms. The zero-order chi connectivity index (χ0) is 28.8. The van der Waals surface area contributed by atoms with Gasteiger partial charge in [-0.3, -0.25) is 9.78 Å². The van der Waals surface area contributed by atoms with Crippen molar-refractivity contribution in [1.29, 1.82) is 5.26 Å². The fourth-order valence-corrected chi connectivity index (χ4v) is 8.19. The van der Waals surface area contributed by atoms with Gasteiger partial charge in [0.15, 0.2) is 9.84 Å². The van der Waals surface area contributed by atoms with Crippen molar-refractivity contribution < 1.29 is 17.6 Å². The number of hydrogen-bond acceptors (Lipinski definition) is 8. The molecular weight excluding hydrogens is 585 g/mol. The van der Waals surface area contributed by atoms with Crippen LogP contribution in [0, 0.1) is 17.2 Å². The van der Waals surface area contributed by atoms with Crippen molar-refractivity contribution in [2.45, 2.75) is 49.7 Å². The molecular formula is C29H29ClFN5O3S2. The molecule has 3 atom stereocenters. The number of aromatic nitrogens is 2. The quantitative estimate of drug-likeness (QED) is 0.408. The summed E-state index contributed by atoms with van der Waals surface area (Å²) in [7, 11) is -2.99. The van der Waals surface area contributed by atoms with E-state index in [1.165, 1.54) is 11.3 Å². The molecule has 1 saturated heterocycles. The maximum atomic E-state index is 14.7. The van der Waals surface area contributed by atoms with E-state index in [1.807, 2.05) is 24.3 Å². The number of carbonyl (C=O) groups excluding carboxylic acids is 1. The Bertz CT molecular complexity index is 1600. The predicted octanol–water partition coefficient (Wildman–Crippen LogP) is 5.15. The van der Waals surface area contributed by atoms with E-state index in [0.29, 0.717) is 48.8 Å². The maximum absolute atomic E-state index is 14.7. The highest BCUT2D eigenvalue weighted by molar-refractivity contribution is 7.91. The molecule has 3 fully saturated rings. The number of carbonyl (C=O) groups is 1. The molecule has 41 heavy (non-hydrogen) atoms. The highest BCUT2D eigenvalue weighted by atomic mass is 35.5. The number of sulfone groups is 1. The minimum Gasteiger partial charge on any atom is -0.369 e. The first kappa shape index (κ1) is 28.1. The summed E-state index contributed by atoms with van der Waals surface area (Å²) in [5, 5.41) is 13.6. The standard InChI is InChI=1S/C29H29ClFN5O3S2/c30-20-13-19(15-33-16-20)28-34-25(23-6-3-21(31)14-24(23)27(37)35-29(17-32)7-8-29)26(40-28)18-1-4-22(5-2-18)36-9-11-41(38,39)12-10-36/h1-2,4-5,13,15-16,21,23-24H,3,6-12,14H2,(H,35,37)/t21-,23+,24+/m0/s1. The summed E-state index contributed by atoms with van der Waals surface area (Å²) in [5.41, 5.74) is 2.50. The summed E-state index contributed by atoms with van der Waals surface area (Å²) in [6.45, 7) is 0.902. The highest BCUT2D eigenvalue weighted by Crippen LogP contribution is 2.47. The lowest BCUT2D eigenvalue weighted by atomic mass is 9.75. The van der Waals surface area contributed by atoms with E-state index in [-0.39, 0.29) is 29.8 Å². The third kappa shape index (κ3) is 5.96. The second-order valence-corrected chi connectivity index (χ2v) is 14.9. The van der Waals surface area contributed by atoms with Crippen LogP contribution in [0.2, 0.25) is 5.02 Å². The van der Waals surface area contributed by atoms with Crippen molar-refractivity contribution in [2.75, 3.05) is 29.5 Å². The number of nitriles is 1. The second-order valence-electron chi connectivity index (χ2n) is 11.1. The average Bonchev–Trinajstić information content (AvgIpc) is 3.59. The number of amides is 1. The maximum Gasteiger partial charge on any atom is 0.225 e. The molecule has 2 aliphatic carbocycles. The number of rotatable bonds is 6. The SMILES string of the molecule is N#CC1(NC(=O)[C@@H]2C[C@@H](F)CC[C@H]2c2nc(-c3cncc(Cl)c3)sc2-c2ccc(N3CCS(=O)(=O)CC3)cc2)CC1. The van der Waals surface area contributed by atoms with E-state index in [1.54, 1.807) is 18.5 Å². The van der Waals surface area contributed by atoms with E-state index in [2.05, 4.69) is 21.3 Å². The van der Waals surface area contributed by atoms with Gasteiger partial charge in [0.25, 0.3) is 0 Å². The van der Waals surface area contributed by atoms with Crippen LogP contribution in [0.25, 0.3) is 21.0 Å². The zero-order valence-electron chi connectivity index (χ0n) is 22.2. The van der Waals surface area contributed by atoms with Crippen LogP contribution in [0.3, 0.4) is 0 Å². The summed E-state index contributed by atoms with van der Waals surface area (Å²) in [6, 6.07) is 11.9. The molecule has 8 nitrogen and oxygen atoms in total. The minimum atomic E-state index is -2.99. The smallest absolute Gasteiger partial charge is 0.225 e. The van der Waals surface area contributed by atoms with Gasteiger partial charge in [0.05, 0.1) is 33.2 Å². The number of alkyl halides is 1. The number of nitrogens with zero attached hydrogens (tertiary/aromatic N) is 4. The first-order valence-electron chi connectivity index (χ1n) is 13.7. The summed E-state index contributed by atoms with van der Waals surface area (Å²) >= 11 is 7.70. The Morgan fingerprint density at radius 3 is 2.54 bits per heavy atom. The summed E-state index contributed by atoms with van der Waals surface area (Å²) < 4.78 is 38.4. The van der Waals surface area contributed by atoms with Crippen molar-refractivity contribution in [2.24, 2.45) is 5.92 Å². The molecule has 214 valence electrons. The first-order valence-corrected chi connectivity index (χ1v) is 16.7. The van der Waals surface area contributed by atoms with E-state index in [4.69, 9.17) is 16.6 Å². The molecule has 12 heteroatoms. The Hall–Kier alpha value is -3.07. The van der Waals surface area contributed by atoms with E-state index in [9.17, 15) is 22.9 Å². The lowest BCUT2D eigenvalue weighted by Crippen LogP contribution is -2.44. The van der Waals surface area contributed by atoms with Crippen LogP contribution >= 0.6 is 22.9 Å². The van der Waals surface area contributed by atoms with Gasteiger partial charge < -0.3 is 10.2 Å². The summed E-state index contributed by atoms with van der Waals surface area (Å²) in [5.74, 6) is -0.991. The number of halogens is 2. The average molecular weight is 614 g/mol. The second kappa shape index (κ2) is 11.0. The molecule has 0 unspecified atom stereocenters. The van der Waals surface area contributed by atoms with Gasteiger partial charge in [-0.2, -0.15) is 5.26 Å². The number of thiazole rings is 1. The molecule has 0 radical (unpaired) electrons. The third-order valence-electron chi connectivity index (χ3n) is 8.25. The van der Waals surface area contributed by atoms with Crippen LogP contribution in [0.15, 0.2) is 42.7 Å². The van der Waals surface area contributed by atoms with Gasteiger partial charge in [-0.1, -0.05) is 23.7 Å². The minimum absolute atomic E-state index is 0.0832. The monoisotopic (exact) mass is 613 g/mol. The van der Waals surface area contributed by atoms with Crippen LogP contribution in [0.4, 0.5) is 10.1 Å². The highest BCUT2D eigenvalue weighted by Gasteiger charge is 2.48. The fraction of sp³-hybridized carbons (Fsp3) is 0.448. The Labute approximate surface area is 247 Å². The number of anilines is 1. The van der Waals surface area contributed by atoms with Crippen molar-refractivity contribution in [1.82, 2.24) is 15.3 Å².